The summed E-state index contributed by atoms with van der Waals surface area (Å²) in [6.07, 6.45) is 14.1. The summed E-state index contributed by atoms with van der Waals surface area (Å²) in [6.45, 7) is 15.7. The lowest BCUT2D eigenvalue weighted by atomic mass is 9.95. The number of carbonyl (C=O) groups is 2. The van der Waals surface area contributed by atoms with Gasteiger partial charge in [0, 0.05) is 25.9 Å². The molecule has 1 amide bonds. The van der Waals surface area contributed by atoms with Crippen molar-refractivity contribution in [3.05, 3.63) is 0 Å². The van der Waals surface area contributed by atoms with E-state index in [0.29, 0.717) is 37.2 Å². The van der Waals surface area contributed by atoms with Gasteiger partial charge in [-0.3, -0.25) is 9.59 Å². The minimum absolute atomic E-state index is 0.116. The van der Waals surface area contributed by atoms with Gasteiger partial charge in [-0.05, 0) is 56.3 Å². The molecule has 190 valence electrons. The molecule has 0 aromatic rings. The molecule has 0 aliphatic rings. The van der Waals surface area contributed by atoms with Gasteiger partial charge in [-0.25, -0.2) is 0 Å². The number of nitrogens with zero attached hydrogens (tertiary/aromatic N) is 1. The van der Waals surface area contributed by atoms with E-state index in [1.165, 1.54) is 38.5 Å². The average molecular weight is 454 g/mol. The molecule has 0 saturated heterocycles. The molecule has 0 rings (SSSR count). The summed E-state index contributed by atoms with van der Waals surface area (Å²) in [6, 6.07) is 0. The van der Waals surface area contributed by atoms with Gasteiger partial charge in [0.1, 0.15) is 0 Å². The Labute approximate surface area is 200 Å². The van der Waals surface area contributed by atoms with Crippen molar-refractivity contribution in [2.45, 2.75) is 131 Å². The molecular formula is C28H55NO3. The Hall–Kier alpha value is -1.06. The van der Waals surface area contributed by atoms with E-state index in [1.807, 2.05) is 0 Å². The summed E-state index contributed by atoms with van der Waals surface area (Å²) in [4.78, 5) is 27.2. The number of hydrogen-bond acceptors (Lipinski definition) is 3. The van der Waals surface area contributed by atoms with E-state index in [1.54, 1.807) is 0 Å². The molecule has 0 aromatic heterocycles. The number of unbranched alkanes of at least 4 members (excludes halogenated alkanes) is 3. The predicted octanol–water partition coefficient (Wildman–Crippen LogP) is 7.79. The van der Waals surface area contributed by atoms with Crippen molar-refractivity contribution in [3.8, 4) is 0 Å². The van der Waals surface area contributed by atoms with Gasteiger partial charge in [-0.1, -0.05) is 80.1 Å². The second kappa shape index (κ2) is 20.5. The van der Waals surface area contributed by atoms with Crippen molar-refractivity contribution in [3.63, 3.8) is 0 Å². The molecule has 0 aromatic carbocycles. The third kappa shape index (κ3) is 16.6. The molecule has 0 aliphatic carbocycles. The highest BCUT2D eigenvalue weighted by Crippen LogP contribution is 2.20. The van der Waals surface area contributed by atoms with Crippen LogP contribution in [0.1, 0.15) is 131 Å². The van der Waals surface area contributed by atoms with Gasteiger partial charge >= 0.3 is 5.97 Å². The van der Waals surface area contributed by atoms with E-state index in [2.05, 4.69) is 46.4 Å². The lowest BCUT2D eigenvalue weighted by molar-refractivity contribution is -0.144. The normalized spacial score (nSPS) is 13.2. The first-order valence-corrected chi connectivity index (χ1v) is 13.8. The van der Waals surface area contributed by atoms with E-state index in [0.717, 1.165) is 51.6 Å². The fraction of sp³-hybridized carbons (Fsp3) is 0.929. The lowest BCUT2D eigenvalue weighted by Gasteiger charge is -2.31. The maximum Gasteiger partial charge on any atom is 0.305 e. The first kappa shape index (κ1) is 30.9. The highest BCUT2D eigenvalue weighted by Gasteiger charge is 2.21. The molecular weight excluding hydrogens is 398 g/mol. The molecule has 0 spiro atoms. The number of amides is 1. The fourth-order valence-electron chi connectivity index (χ4n) is 4.19. The van der Waals surface area contributed by atoms with Crippen molar-refractivity contribution < 1.29 is 14.3 Å². The van der Waals surface area contributed by atoms with E-state index in [-0.39, 0.29) is 11.9 Å². The topological polar surface area (TPSA) is 46.6 Å². The molecule has 2 atom stereocenters. The van der Waals surface area contributed by atoms with Crippen LogP contribution in [0.3, 0.4) is 0 Å². The van der Waals surface area contributed by atoms with Gasteiger partial charge in [-0.2, -0.15) is 0 Å². The van der Waals surface area contributed by atoms with Crippen LogP contribution in [0, 0.1) is 17.8 Å². The summed E-state index contributed by atoms with van der Waals surface area (Å²) in [5.41, 5.74) is 0. The Morgan fingerprint density at radius 3 is 1.72 bits per heavy atom. The SMILES string of the molecule is CCCCC(CC)CN(CC(CC)CCCC)C(=O)CCCCC(=O)OCCCC(C)C. The van der Waals surface area contributed by atoms with Gasteiger partial charge in [0.05, 0.1) is 6.61 Å². The molecule has 0 saturated carbocycles. The second-order valence-electron chi connectivity index (χ2n) is 10.1. The Bertz CT molecular complexity index is 446. The maximum absolute atomic E-state index is 13.1. The monoisotopic (exact) mass is 453 g/mol. The van der Waals surface area contributed by atoms with E-state index < -0.39 is 0 Å². The first-order chi connectivity index (χ1) is 15.4. The predicted molar refractivity (Wildman–Crippen MR) is 137 cm³/mol. The van der Waals surface area contributed by atoms with Crippen molar-refractivity contribution >= 4 is 11.9 Å². The summed E-state index contributed by atoms with van der Waals surface area (Å²) in [5, 5.41) is 0. The molecule has 0 fully saturated rings. The molecule has 32 heavy (non-hydrogen) atoms. The number of esters is 1. The number of hydrogen-bond donors (Lipinski definition) is 0. The average Bonchev–Trinajstić information content (AvgIpc) is 2.78. The summed E-state index contributed by atoms with van der Waals surface area (Å²) in [5.74, 6) is 2.01. The third-order valence-electron chi connectivity index (χ3n) is 6.61. The van der Waals surface area contributed by atoms with Crippen LogP contribution in [0.15, 0.2) is 0 Å². The van der Waals surface area contributed by atoms with Crippen molar-refractivity contribution in [1.82, 2.24) is 4.90 Å². The largest absolute Gasteiger partial charge is 0.466 e. The molecule has 2 unspecified atom stereocenters. The third-order valence-corrected chi connectivity index (χ3v) is 6.61. The molecule has 0 aliphatic heterocycles. The van der Waals surface area contributed by atoms with E-state index >= 15 is 0 Å². The molecule has 4 nitrogen and oxygen atoms in total. The van der Waals surface area contributed by atoms with Crippen LogP contribution in [-0.2, 0) is 14.3 Å². The zero-order chi connectivity index (χ0) is 24.2. The summed E-state index contributed by atoms with van der Waals surface area (Å²) in [7, 11) is 0. The molecule has 0 bridgehead atoms. The molecule has 0 heterocycles. The quantitative estimate of drug-likeness (QED) is 0.132. The zero-order valence-electron chi connectivity index (χ0n) is 22.4. The second-order valence-corrected chi connectivity index (χ2v) is 10.1. The minimum atomic E-state index is -0.116. The van der Waals surface area contributed by atoms with Gasteiger partial charge in [0.25, 0.3) is 0 Å². The highest BCUT2D eigenvalue weighted by molar-refractivity contribution is 5.76. The molecule has 0 N–H and O–H groups in total. The number of carbonyl (C=O) groups excluding carboxylic acids is 2. The van der Waals surface area contributed by atoms with Crippen LogP contribution in [0.5, 0.6) is 0 Å². The lowest BCUT2D eigenvalue weighted by Crippen LogP contribution is -2.38. The van der Waals surface area contributed by atoms with Crippen molar-refractivity contribution in [2.75, 3.05) is 19.7 Å². The van der Waals surface area contributed by atoms with Crippen LogP contribution >= 0.6 is 0 Å². The standard InChI is InChI=1S/C28H55NO3/c1-7-11-17-25(9-3)22-29(23-26(10-4)18-12-8-2)27(30)19-13-14-20-28(31)32-21-15-16-24(5)6/h24-26H,7-23H2,1-6H3. The van der Waals surface area contributed by atoms with Crippen molar-refractivity contribution in [2.24, 2.45) is 17.8 Å². The molecule has 4 heteroatoms. The van der Waals surface area contributed by atoms with Gasteiger partial charge in [-0.15, -0.1) is 0 Å². The summed E-state index contributed by atoms with van der Waals surface area (Å²) < 4.78 is 5.32. The smallest absolute Gasteiger partial charge is 0.305 e. The summed E-state index contributed by atoms with van der Waals surface area (Å²) >= 11 is 0. The van der Waals surface area contributed by atoms with Crippen LogP contribution in [0.4, 0.5) is 0 Å². The minimum Gasteiger partial charge on any atom is -0.466 e. The van der Waals surface area contributed by atoms with Crippen LogP contribution in [0.25, 0.3) is 0 Å². The Morgan fingerprint density at radius 1 is 0.719 bits per heavy atom. The van der Waals surface area contributed by atoms with Crippen LogP contribution in [-0.4, -0.2) is 36.5 Å². The van der Waals surface area contributed by atoms with Crippen molar-refractivity contribution in [1.29, 1.82) is 0 Å². The van der Waals surface area contributed by atoms with Gasteiger partial charge < -0.3 is 9.64 Å². The number of rotatable bonds is 21. The Kier molecular flexibility index (Phi) is 19.9. The van der Waals surface area contributed by atoms with Crippen LogP contribution in [0.2, 0.25) is 0 Å². The highest BCUT2D eigenvalue weighted by atomic mass is 16.5. The molecule has 0 radical (unpaired) electrons. The van der Waals surface area contributed by atoms with E-state index in [9.17, 15) is 9.59 Å². The first-order valence-electron chi connectivity index (χ1n) is 13.8. The van der Waals surface area contributed by atoms with Gasteiger partial charge in [0.15, 0.2) is 0 Å². The Balaban J connectivity index is 4.58. The Morgan fingerprint density at radius 2 is 1.25 bits per heavy atom. The maximum atomic E-state index is 13.1. The van der Waals surface area contributed by atoms with Crippen LogP contribution < -0.4 is 0 Å². The fourth-order valence-corrected chi connectivity index (χ4v) is 4.19. The van der Waals surface area contributed by atoms with E-state index in [4.69, 9.17) is 4.74 Å². The zero-order valence-corrected chi connectivity index (χ0v) is 22.4. The number of ether oxygens (including phenoxy) is 1. The van der Waals surface area contributed by atoms with Gasteiger partial charge in [0.2, 0.25) is 5.91 Å².